The number of nitrogens with two attached hydrogens (primary N) is 1. The molecule has 16 heavy (non-hydrogen) atoms. The van der Waals surface area contributed by atoms with Gasteiger partial charge in [-0.2, -0.15) is 0 Å². The van der Waals surface area contributed by atoms with Gasteiger partial charge in [0.25, 0.3) is 0 Å². The number of likely N-dealkylation sites (tertiary alicyclic amines) is 1. The summed E-state index contributed by atoms with van der Waals surface area (Å²) in [7, 11) is 0. The number of carbonyl (C=O) groups excluding carboxylic acids is 1. The average molecular weight is 227 g/mol. The molecule has 0 spiro atoms. The van der Waals surface area contributed by atoms with Crippen molar-refractivity contribution < 1.29 is 4.79 Å². The van der Waals surface area contributed by atoms with Crippen molar-refractivity contribution in [1.82, 2.24) is 10.2 Å². The van der Waals surface area contributed by atoms with Gasteiger partial charge in [-0.15, -0.1) is 0 Å². The number of carbonyl (C=O) groups is 1. The largest absolute Gasteiger partial charge is 0.355 e. The van der Waals surface area contributed by atoms with E-state index in [1.165, 1.54) is 12.8 Å². The highest BCUT2D eigenvalue weighted by Gasteiger charge is 2.22. The van der Waals surface area contributed by atoms with Crippen molar-refractivity contribution in [2.45, 2.75) is 39.2 Å². The maximum atomic E-state index is 11.7. The first kappa shape index (κ1) is 13.5. The van der Waals surface area contributed by atoms with Crippen LogP contribution in [0.15, 0.2) is 0 Å². The van der Waals surface area contributed by atoms with Gasteiger partial charge in [0.15, 0.2) is 0 Å². The molecule has 4 heteroatoms. The van der Waals surface area contributed by atoms with Gasteiger partial charge in [0.05, 0.1) is 6.54 Å². The second-order valence-electron chi connectivity index (χ2n) is 5.05. The number of nitrogens with one attached hydrogen (secondary N) is 1. The highest BCUT2D eigenvalue weighted by atomic mass is 16.2. The van der Waals surface area contributed by atoms with Crippen LogP contribution in [-0.2, 0) is 4.79 Å². The van der Waals surface area contributed by atoms with E-state index in [1.54, 1.807) is 0 Å². The summed E-state index contributed by atoms with van der Waals surface area (Å²) in [5, 5.41) is 2.95. The van der Waals surface area contributed by atoms with Crippen molar-refractivity contribution in [3.8, 4) is 0 Å². The Bertz CT molecular complexity index is 218. The molecule has 94 valence electrons. The zero-order chi connectivity index (χ0) is 12.0. The van der Waals surface area contributed by atoms with Crippen LogP contribution in [0.1, 0.15) is 33.1 Å². The summed E-state index contributed by atoms with van der Waals surface area (Å²) < 4.78 is 0. The van der Waals surface area contributed by atoms with Crippen LogP contribution in [0, 0.1) is 5.92 Å². The predicted octanol–water partition coefficient (Wildman–Crippen LogP) is 0.572. The Morgan fingerprint density at radius 3 is 2.88 bits per heavy atom. The van der Waals surface area contributed by atoms with Crippen molar-refractivity contribution in [3.05, 3.63) is 0 Å². The van der Waals surface area contributed by atoms with Gasteiger partial charge in [-0.3, -0.25) is 9.69 Å². The minimum atomic E-state index is 0.133. The predicted molar refractivity (Wildman–Crippen MR) is 66.1 cm³/mol. The molecule has 0 aromatic heterocycles. The molecule has 1 heterocycles. The molecule has 0 radical (unpaired) electrons. The number of rotatable bonds is 5. The summed E-state index contributed by atoms with van der Waals surface area (Å²) >= 11 is 0. The van der Waals surface area contributed by atoms with Gasteiger partial charge in [-0.05, 0) is 25.3 Å². The van der Waals surface area contributed by atoms with E-state index < -0.39 is 0 Å². The van der Waals surface area contributed by atoms with Crippen LogP contribution in [-0.4, -0.2) is 43.0 Å². The third-order valence-corrected chi connectivity index (χ3v) is 3.08. The average Bonchev–Trinajstić information content (AvgIpc) is 2.27. The highest BCUT2D eigenvalue weighted by molar-refractivity contribution is 5.78. The van der Waals surface area contributed by atoms with Crippen molar-refractivity contribution in [1.29, 1.82) is 0 Å². The first-order valence-electron chi connectivity index (χ1n) is 6.34. The molecule has 0 aromatic carbocycles. The van der Waals surface area contributed by atoms with Gasteiger partial charge in [-0.25, -0.2) is 0 Å². The minimum Gasteiger partial charge on any atom is -0.355 e. The fraction of sp³-hybridized carbons (Fsp3) is 0.917. The molecule has 1 fully saturated rings. The standard InChI is InChI=1S/C12H25N3O/c1-10(2)8-14-12(16)9-15-6-4-3-5-11(15)7-13/h10-11H,3-9,13H2,1-2H3,(H,14,16). The molecule has 1 saturated heterocycles. The second kappa shape index (κ2) is 6.86. The van der Waals surface area contributed by atoms with E-state index in [0.717, 1.165) is 19.5 Å². The maximum absolute atomic E-state index is 11.7. The zero-order valence-electron chi connectivity index (χ0n) is 10.5. The maximum Gasteiger partial charge on any atom is 0.234 e. The second-order valence-corrected chi connectivity index (χ2v) is 5.05. The van der Waals surface area contributed by atoms with Crippen LogP contribution < -0.4 is 11.1 Å². The Kier molecular flexibility index (Phi) is 5.77. The number of hydrogen-bond acceptors (Lipinski definition) is 3. The Balaban J connectivity index is 2.30. The van der Waals surface area contributed by atoms with Crippen molar-refractivity contribution in [2.24, 2.45) is 11.7 Å². The Labute approximate surface area is 98.6 Å². The van der Waals surface area contributed by atoms with E-state index in [0.29, 0.717) is 25.0 Å². The molecule has 1 unspecified atom stereocenters. The smallest absolute Gasteiger partial charge is 0.234 e. The first-order chi connectivity index (χ1) is 7.63. The normalized spacial score (nSPS) is 22.4. The van der Waals surface area contributed by atoms with Gasteiger partial charge < -0.3 is 11.1 Å². The van der Waals surface area contributed by atoms with Gasteiger partial charge in [0.1, 0.15) is 0 Å². The molecule has 0 aromatic rings. The van der Waals surface area contributed by atoms with E-state index in [2.05, 4.69) is 24.1 Å². The molecule has 0 bridgehead atoms. The minimum absolute atomic E-state index is 0.133. The van der Waals surface area contributed by atoms with Crippen LogP contribution in [0.25, 0.3) is 0 Å². The number of piperidine rings is 1. The lowest BCUT2D eigenvalue weighted by Crippen LogP contribution is -2.48. The number of nitrogens with zero attached hydrogens (tertiary/aromatic N) is 1. The summed E-state index contributed by atoms with van der Waals surface area (Å²) in [6.07, 6.45) is 3.56. The quantitative estimate of drug-likeness (QED) is 0.722. The zero-order valence-corrected chi connectivity index (χ0v) is 10.5. The summed E-state index contributed by atoms with van der Waals surface area (Å²) in [4.78, 5) is 13.9. The van der Waals surface area contributed by atoms with Crippen molar-refractivity contribution >= 4 is 5.91 Å². The molecule has 1 aliphatic heterocycles. The SMILES string of the molecule is CC(C)CNC(=O)CN1CCCCC1CN. The van der Waals surface area contributed by atoms with E-state index in [-0.39, 0.29) is 5.91 Å². The van der Waals surface area contributed by atoms with E-state index >= 15 is 0 Å². The number of amides is 1. The van der Waals surface area contributed by atoms with E-state index in [9.17, 15) is 4.79 Å². The molecule has 0 aliphatic carbocycles. The Morgan fingerprint density at radius 1 is 1.50 bits per heavy atom. The third-order valence-electron chi connectivity index (χ3n) is 3.08. The molecule has 1 rings (SSSR count). The van der Waals surface area contributed by atoms with Crippen LogP contribution >= 0.6 is 0 Å². The molecule has 0 saturated carbocycles. The van der Waals surface area contributed by atoms with Crippen molar-refractivity contribution in [2.75, 3.05) is 26.2 Å². The van der Waals surface area contributed by atoms with Crippen LogP contribution in [0.3, 0.4) is 0 Å². The fourth-order valence-electron chi connectivity index (χ4n) is 2.09. The highest BCUT2D eigenvalue weighted by Crippen LogP contribution is 2.15. The summed E-state index contributed by atoms with van der Waals surface area (Å²) in [6, 6.07) is 0.401. The van der Waals surface area contributed by atoms with Gasteiger partial charge in [0.2, 0.25) is 5.91 Å². The Hall–Kier alpha value is -0.610. The monoisotopic (exact) mass is 227 g/mol. The van der Waals surface area contributed by atoms with Crippen LogP contribution in [0.4, 0.5) is 0 Å². The first-order valence-corrected chi connectivity index (χ1v) is 6.34. The Morgan fingerprint density at radius 2 is 2.25 bits per heavy atom. The molecule has 1 atom stereocenters. The lowest BCUT2D eigenvalue weighted by atomic mass is 10.0. The topological polar surface area (TPSA) is 58.4 Å². The third kappa shape index (κ3) is 4.49. The van der Waals surface area contributed by atoms with Crippen molar-refractivity contribution in [3.63, 3.8) is 0 Å². The van der Waals surface area contributed by atoms with Crippen LogP contribution in [0.2, 0.25) is 0 Å². The lowest BCUT2D eigenvalue weighted by molar-refractivity contribution is -0.123. The summed E-state index contributed by atoms with van der Waals surface area (Å²) in [5.41, 5.74) is 5.72. The summed E-state index contributed by atoms with van der Waals surface area (Å²) in [6.45, 7) is 7.15. The van der Waals surface area contributed by atoms with Gasteiger partial charge in [0, 0.05) is 19.1 Å². The van der Waals surface area contributed by atoms with Crippen LogP contribution in [0.5, 0.6) is 0 Å². The molecular formula is C12H25N3O. The van der Waals surface area contributed by atoms with Gasteiger partial charge in [-0.1, -0.05) is 20.3 Å². The molecule has 4 nitrogen and oxygen atoms in total. The lowest BCUT2D eigenvalue weighted by Gasteiger charge is -2.34. The summed E-state index contributed by atoms with van der Waals surface area (Å²) in [5.74, 6) is 0.643. The number of hydrogen-bond donors (Lipinski definition) is 2. The molecule has 1 aliphatic rings. The van der Waals surface area contributed by atoms with E-state index in [4.69, 9.17) is 5.73 Å². The van der Waals surface area contributed by atoms with Gasteiger partial charge >= 0.3 is 0 Å². The molecule has 3 N–H and O–H groups in total. The molecule has 1 amide bonds. The van der Waals surface area contributed by atoms with E-state index in [1.807, 2.05) is 0 Å². The fourth-order valence-corrected chi connectivity index (χ4v) is 2.09. The molecular weight excluding hydrogens is 202 g/mol.